The minimum Gasteiger partial charge on any atom is -0.471 e. The van der Waals surface area contributed by atoms with E-state index in [0.29, 0.717) is 24.7 Å². The van der Waals surface area contributed by atoms with Gasteiger partial charge in [0.1, 0.15) is 11.8 Å². The predicted octanol–water partition coefficient (Wildman–Crippen LogP) is 1.26. The highest BCUT2D eigenvalue weighted by Crippen LogP contribution is 2.17. The third-order valence-electron chi connectivity index (χ3n) is 3.49. The molecule has 1 aliphatic heterocycles. The minimum absolute atomic E-state index is 0.0761. The molecule has 7 heteroatoms. The van der Waals surface area contributed by atoms with Gasteiger partial charge in [-0.2, -0.15) is 0 Å². The second-order valence-corrected chi connectivity index (χ2v) is 5.22. The van der Waals surface area contributed by atoms with Crippen LogP contribution in [0.2, 0.25) is 0 Å². The molecular weight excluding hydrogens is 282 g/mol. The molecule has 1 aliphatic rings. The van der Waals surface area contributed by atoms with Crippen molar-refractivity contribution in [2.75, 3.05) is 13.1 Å². The Morgan fingerprint density at radius 1 is 1.23 bits per heavy atom. The molecule has 0 aliphatic carbocycles. The van der Waals surface area contributed by atoms with Crippen LogP contribution in [0.1, 0.15) is 29.0 Å². The maximum absolute atomic E-state index is 12.4. The molecule has 1 fully saturated rings. The van der Waals surface area contributed by atoms with E-state index in [1.165, 1.54) is 6.20 Å². The van der Waals surface area contributed by atoms with E-state index in [9.17, 15) is 4.79 Å². The number of carbonyl (C=O) groups is 1. The summed E-state index contributed by atoms with van der Waals surface area (Å²) in [6.07, 6.45) is 9.58. The van der Waals surface area contributed by atoms with E-state index >= 15 is 0 Å². The zero-order chi connectivity index (χ0) is 15.4. The van der Waals surface area contributed by atoms with Crippen LogP contribution in [0.25, 0.3) is 0 Å². The summed E-state index contributed by atoms with van der Waals surface area (Å²) in [6.45, 7) is 3.06. The molecule has 1 atom stereocenters. The van der Waals surface area contributed by atoms with Gasteiger partial charge in [0.15, 0.2) is 0 Å². The molecule has 0 spiro atoms. The van der Waals surface area contributed by atoms with Gasteiger partial charge in [-0.3, -0.25) is 14.8 Å². The number of likely N-dealkylation sites (tertiary alicyclic amines) is 1. The van der Waals surface area contributed by atoms with Crippen molar-refractivity contribution < 1.29 is 9.53 Å². The standard InChI is InChI=1S/C15H17N5O2/c1-11-7-19-13(8-18-11)15(21)20-6-2-3-12(10-20)22-14-9-16-4-5-17-14/h4-5,7-9,12H,2-3,6,10H2,1H3. The Morgan fingerprint density at radius 3 is 2.86 bits per heavy atom. The summed E-state index contributed by atoms with van der Waals surface area (Å²) in [6, 6.07) is 0. The molecular formula is C15H17N5O2. The van der Waals surface area contributed by atoms with Gasteiger partial charge in [0.25, 0.3) is 5.91 Å². The molecule has 3 rings (SSSR count). The van der Waals surface area contributed by atoms with Crippen LogP contribution in [0.3, 0.4) is 0 Å². The quantitative estimate of drug-likeness (QED) is 0.848. The van der Waals surface area contributed by atoms with Crippen LogP contribution in [0.15, 0.2) is 31.0 Å². The second kappa shape index (κ2) is 6.46. The summed E-state index contributed by atoms with van der Waals surface area (Å²) in [7, 11) is 0. The van der Waals surface area contributed by atoms with E-state index in [-0.39, 0.29) is 12.0 Å². The summed E-state index contributed by atoms with van der Waals surface area (Å²) in [5.41, 5.74) is 1.16. The molecule has 1 amide bonds. The van der Waals surface area contributed by atoms with Crippen molar-refractivity contribution in [2.24, 2.45) is 0 Å². The van der Waals surface area contributed by atoms with Gasteiger partial charge in [-0.25, -0.2) is 9.97 Å². The summed E-state index contributed by atoms with van der Waals surface area (Å²) in [5.74, 6) is 0.372. The number of hydrogen-bond donors (Lipinski definition) is 0. The Hall–Kier alpha value is -2.57. The normalized spacial score (nSPS) is 18.0. The van der Waals surface area contributed by atoms with Crippen LogP contribution >= 0.6 is 0 Å². The third-order valence-corrected chi connectivity index (χ3v) is 3.49. The first-order chi connectivity index (χ1) is 10.7. The summed E-state index contributed by atoms with van der Waals surface area (Å²) >= 11 is 0. The van der Waals surface area contributed by atoms with Gasteiger partial charge in [-0.15, -0.1) is 0 Å². The van der Waals surface area contributed by atoms with Crippen molar-refractivity contribution >= 4 is 5.91 Å². The molecule has 1 saturated heterocycles. The number of aryl methyl sites for hydroxylation is 1. The van der Waals surface area contributed by atoms with Crippen molar-refractivity contribution in [1.29, 1.82) is 0 Å². The van der Waals surface area contributed by atoms with Crippen molar-refractivity contribution in [3.63, 3.8) is 0 Å². The maximum atomic E-state index is 12.4. The zero-order valence-corrected chi connectivity index (χ0v) is 12.3. The minimum atomic E-state index is -0.111. The SMILES string of the molecule is Cc1cnc(C(=O)N2CCCC(Oc3cnccn3)C2)cn1. The van der Waals surface area contributed by atoms with Crippen molar-refractivity contribution in [1.82, 2.24) is 24.8 Å². The van der Waals surface area contributed by atoms with Gasteiger partial charge >= 0.3 is 0 Å². The van der Waals surface area contributed by atoms with Crippen LogP contribution in [0, 0.1) is 6.92 Å². The van der Waals surface area contributed by atoms with Crippen LogP contribution in [0.5, 0.6) is 5.88 Å². The topological polar surface area (TPSA) is 81.1 Å². The monoisotopic (exact) mass is 299 g/mol. The fraction of sp³-hybridized carbons (Fsp3) is 0.400. The maximum Gasteiger partial charge on any atom is 0.274 e. The first-order valence-corrected chi connectivity index (χ1v) is 7.23. The third kappa shape index (κ3) is 3.36. The molecule has 2 aromatic rings. The van der Waals surface area contributed by atoms with Crippen LogP contribution in [-0.2, 0) is 0 Å². The molecule has 1 unspecified atom stereocenters. The highest BCUT2D eigenvalue weighted by atomic mass is 16.5. The number of piperidine rings is 1. The lowest BCUT2D eigenvalue weighted by Gasteiger charge is -2.32. The number of ether oxygens (including phenoxy) is 1. The Bertz CT molecular complexity index is 632. The molecule has 0 saturated carbocycles. The Balaban J connectivity index is 1.65. The van der Waals surface area contributed by atoms with Crippen LogP contribution < -0.4 is 4.74 Å². The second-order valence-electron chi connectivity index (χ2n) is 5.22. The molecule has 114 valence electrons. The van der Waals surface area contributed by atoms with E-state index in [1.54, 1.807) is 29.7 Å². The number of rotatable bonds is 3. The first kappa shape index (κ1) is 14.4. The van der Waals surface area contributed by atoms with Gasteiger partial charge in [-0.05, 0) is 19.8 Å². The fourth-order valence-electron chi connectivity index (χ4n) is 2.40. The predicted molar refractivity (Wildman–Crippen MR) is 78.4 cm³/mol. The summed E-state index contributed by atoms with van der Waals surface area (Å²) < 4.78 is 5.79. The highest BCUT2D eigenvalue weighted by molar-refractivity contribution is 5.92. The molecule has 7 nitrogen and oxygen atoms in total. The average molecular weight is 299 g/mol. The zero-order valence-electron chi connectivity index (χ0n) is 12.3. The molecule has 0 aromatic carbocycles. The van der Waals surface area contributed by atoms with E-state index in [0.717, 1.165) is 18.5 Å². The van der Waals surface area contributed by atoms with E-state index in [1.807, 2.05) is 6.92 Å². The van der Waals surface area contributed by atoms with Crippen molar-refractivity contribution in [3.05, 3.63) is 42.4 Å². The number of aromatic nitrogens is 4. The number of nitrogens with zero attached hydrogens (tertiary/aromatic N) is 5. The molecule has 22 heavy (non-hydrogen) atoms. The molecule has 2 aromatic heterocycles. The van der Waals surface area contributed by atoms with Crippen molar-refractivity contribution in [2.45, 2.75) is 25.9 Å². The van der Waals surface area contributed by atoms with Gasteiger partial charge in [0, 0.05) is 25.1 Å². The number of carbonyl (C=O) groups excluding carboxylic acids is 1. The fourth-order valence-corrected chi connectivity index (χ4v) is 2.40. The Labute approximate surface area is 128 Å². The molecule has 0 N–H and O–H groups in total. The Kier molecular flexibility index (Phi) is 4.22. The van der Waals surface area contributed by atoms with Gasteiger partial charge in [0.05, 0.1) is 24.6 Å². The van der Waals surface area contributed by atoms with E-state index in [2.05, 4.69) is 19.9 Å². The molecule has 3 heterocycles. The number of amides is 1. The largest absolute Gasteiger partial charge is 0.471 e. The Morgan fingerprint density at radius 2 is 2.14 bits per heavy atom. The van der Waals surface area contributed by atoms with Crippen molar-refractivity contribution in [3.8, 4) is 5.88 Å². The van der Waals surface area contributed by atoms with E-state index in [4.69, 9.17) is 4.74 Å². The van der Waals surface area contributed by atoms with Gasteiger partial charge in [-0.1, -0.05) is 0 Å². The smallest absolute Gasteiger partial charge is 0.274 e. The molecule has 0 radical (unpaired) electrons. The van der Waals surface area contributed by atoms with Gasteiger partial charge < -0.3 is 9.64 Å². The number of hydrogen-bond acceptors (Lipinski definition) is 6. The lowest BCUT2D eigenvalue weighted by Crippen LogP contribution is -2.44. The first-order valence-electron chi connectivity index (χ1n) is 7.23. The van der Waals surface area contributed by atoms with E-state index < -0.39 is 0 Å². The summed E-state index contributed by atoms with van der Waals surface area (Å²) in [4.78, 5) is 30.5. The summed E-state index contributed by atoms with van der Waals surface area (Å²) in [5, 5.41) is 0. The van der Waals surface area contributed by atoms with Crippen LogP contribution in [0.4, 0.5) is 0 Å². The lowest BCUT2D eigenvalue weighted by atomic mass is 10.1. The highest BCUT2D eigenvalue weighted by Gasteiger charge is 2.26. The molecule has 0 bridgehead atoms. The van der Waals surface area contributed by atoms with Gasteiger partial charge in [0.2, 0.25) is 5.88 Å². The van der Waals surface area contributed by atoms with Crippen LogP contribution in [-0.4, -0.2) is 49.9 Å². The average Bonchev–Trinajstić information content (AvgIpc) is 2.56. The lowest BCUT2D eigenvalue weighted by molar-refractivity contribution is 0.0521.